The molecule has 0 unspecified atom stereocenters. The Balaban J connectivity index is 3.47. The lowest BCUT2D eigenvalue weighted by molar-refractivity contribution is -0.137. The molecule has 0 aliphatic heterocycles. The number of rotatable bonds is 29. The molecule has 0 radical (unpaired) electrons. The van der Waals surface area contributed by atoms with Crippen LogP contribution < -0.4 is 18.9 Å². The van der Waals surface area contributed by atoms with E-state index in [1.165, 1.54) is 51.0 Å². The third-order valence-electron chi connectivity index (χ3n) is 7.33. The topological polar surface area (TPSA) is 63.2 Å². The first-order valence-corrected chi connectivity index (χ1v) is 17.7. The van der Waals surface area contributed by atoms with Crippen molar-refractivity contribution in [1.82, 2.24) is 0 Å². The number of benzene rings is 1. The maximum Gasteiger partial charge on any atom is 0.330 e. The summed E-state index contributed by atoms with van der Waals surface area (Å²) in [5, 5.41) is 0. The summed E-state index contributed by atoms with van der Waals surface area (Å²) in [6.07, 6.45) is 22.8. The van der Waals surface area contributed by atoms with Gasteiger partial charge >= 0.3 is 5.97 Å². The molecule has 0 aliphatic carbocycles. The highest BCUT2D eigenvalue weighted by atomic mass is 16.5. The van der Waals surface area contributed by atoms with E-state index in [0.29, 0.717) is 61.6 Å². The summed E-state index contributed by atoms with van der Waals surface area (Å²) in [7, 11) is 0. The molecule has 1 rings (SSSR count). The van der Waals surface area contributed by atoms with Crippen LogP contribution in [0.5, 0.6) is 23.0 Å². The second kappa shape index (κ2) is 27.2. The van der Waals surface area contributed by atoms with Gasteiger partial charge in [-0.05, 0) is 38.2 Å². The van der Waals surface area contributed by atoms with Gasteiger partial charge in [0, 0.05) is 12.1 Å². The Morgan fingerprint density at radius 2 is 0.953 bits per heavy atom. The molecule has 0 bridgehead atoms. The Morgan fingerprint density at radius 3 is 1.44 bits per heavy atom. The largest absolute Gasteiger partial charge is 0.493 e. The smallest absolute Gasteiger partial charge is 0.330 e. The van der Waals surface area contributed by atoms with E-state index < -0.39 is 0 Å². The van der Waals surface area contributed by atoms with Crippen molar-refractivity contribution in [2.75, 3.05) is 33.0 Å². The highest BCUT2D eigenvalue weighted by Gasteiger charge is 2.23. The molecule has 0 N–H and O–H groups in total. The lowest BCUT2D eigenvalue weighted by Gasteiger charge is -2.22. The minimum Gasteiger partial charge on any atom is -0.493 e. The van der Waals surface area contributed by atoms with Crippen molar-refractivity contribution in [3.8, 4) is 23.0 Å². The number of carbonyl (C=O) groups excluding carboxylic acids is 1. The summed E-state index contributed by atoms with van der Waals surface area (Å²) < 4.78 is 31.1. The van der Waals surface area contributed by atoms with Crippen molar-refractivity contribution in [2.45, 2.75) is 150 Å². The van der Waals surface area contributed by atoms with Crippen LogP contribution in [0.2, 0.25) is 0 Å². The lowest BCUT2D eigenvalue weighted by atomic mass is 10.1. The van der Waals surface area contributed by atoms with Crippen molar-refractivity contribution in [2.24, 2.45) is 0 Å². The van der Waals surface area contributed by atoms with Gasteiger partial charge in [0.25, 0.3) is 0 Å². The van der Waals surface area contributed by atoms with E-state index >= 15 is 0 Å². The molecule has 0 atom stereocenters. The fourth-order valence-electron chi connectivity index (χ4n) is 4.62. The van der Waals surface area contributed by atoms with Gasteiger partial charge in [0.1, 0.15) is 5.75 Å². The monoisotopic (exact) mass is 604 g/mol. The number of carbonyl (C=O) groups is 1. The molecule has 0 heterocycles. The van der Waals surface area contributed by atoms with Crippen LogP contribution in [0.25, 0.3) is 6.08 Å². The van der Waals surface area contributed by atoms with E-state index in [9.17, 15) is 4.79 Å². The third kappa shape index (κ3) is 18.1. The van der Waals surface area contributed by atoms with Gasteiger partial charge in [0.2, 0.25) is 5.75 Å². The van der Waals surface area contributed by atoms with Gasteiger partial charge < -0.3 is 23.7 Å². The lowest BCUT2D eigenvalue weighted by Crippen LogP contribution is -2.09. The first-order valence-electron chi connectivity index (χ1n) is 17.7. The fraction of sp³-hybridized carbons (Fsp3) is 0.757. The van der Waals surface area contributed by atoms with Crippen LogP contribution in [0.1, 0.15) is 156 Å². The van der Waals surface area contributed by atoms with Gasteiger partial charge in [0.15, 0.2) is 11.5 Å². The zero-order chi connectivity index (χ0) is 31.4. The summed E-state index contributed by atoms with van der Waals surface area (Å²) in [6.45, 7) is 13.7. The van der Waals surface area contributed by atoms with E-state index in [2.05, 4.69) is 34.6 Å². The molecule has 1 aromatic carbocycles. The van der Waals surface area contributed by atoms with E-state index in [1.807, 2.05) is 6.07 Å². The molecule has 0 fully saturated rings. The minimum atomic E-state index is -0.366. The van der Waals surface area contributed by atoms with Crippen LogP contribution in [0.4, 0.5) is 0 Å². The number of hydrogen-bond acceptors (Lipinski definition) is 6. The normalized spacial score (nSPS) is 11.2. The quantitative estimate of drug-likeness (QED) is 0.0515. The van der Waals surface area contributed by atoms with Crippen molar-refractivity contribution < 1.29 is 28.5 Å². The molecule has 6 heteroatoms. The standard InChI is InChI=1S/C37H64O6/c1-6-11-16-20-27-39-33-31-34(40-28-21-17-12-7-2)37(43-30-23-19-14-9-4)36(42-29-22-18-13-8-3)32(33)24-25-35(38)41-26-15-10-5/h24-25,31H,6-23,26-30H2,1-5H3. The van der Waals surface area contributed by atoms with Crippen molar-refractivity contribution in [3.05, 3.63) is 17.7 Å². The SMILES string of the molecule is CCCCCCOc1cc(OCCCCCC)c(OCCCCCC)c(OCCCCCC)c1C=CC(=O)OCCCC. The third-order valence-corrected chi connectivity index (χ3v) is 7.33. The van der Waals surface area contributed by atoms with Crippen LogP contribution in [0.15, 0.2) is 12.1 Å². The molecule has 0 aromatic heterocycles. The van der Waals surface area contributed by atoms with Crippen LogP contribution in [-0.2, 0) is 9.53 Å². The van der Waals surface area contributed by atoms with E-state index in [1.54, 1.807) is 6.08 Å². The second-order valence-electron chi connectivity index (χ2n) is 11.4. The Kier molecular flexibility index (Phi) is 24.4. The molecule has 248 valence electrons. The van der Waals surface area contributed by atoms with Crippen LogP contribution >= 0.6 is 0 Å². The molecule has 1 aromatic rings. The predicted octanol–water partition coefficient (Wildman–Crippen LogP) is 10.9. The Hall–Kier alpha value is -2.37. The summed E-state index contributed by atoms with van der Waals surface area (Å²) in [4.78, 5) is 12.6. The van der Waals surface area contributed by atoms with E-state index in [-0.39, 0.29) is 5.97 Å². The van der Waals surface area contributed by atoms with Crippen LogP contribution in [0, 0.1) is 0 Å². The van der Waals surface area contributed by atoms with Crippen molar-refractivity contribution >= 4 is 12.0 Å². The van der Waals surface area contributed by atoms with Gasteiger partial charge in [-0.15, -0.1) is 0 Å². The summed E-state index contributed by atoms with van der Waals surface area (Å²) in [5.41, 5.74) is 0.709. The average molecular weight is 605 g/mol. The Morgan fingerprint density at radius 1 is 0.512 bits per heavy atom. The number of ether oxygens (including phenoxy) is 5. The first-order chi connectivity index (χ1) is 21.1. The van der Waals surface area contributed by atoms with Gasteiger partial charge in [-0.2, -0.15) is 0 Å². The summed E-state index contributed by atoms with van der Waals surface area (Å²) >= 11 is 0. The van der Waals surface area contributed by atoms with Crippen molar-refractivity contribution in [1.29, 1.82) is 0 Å². The van der Waals surface area contributed by atoms with Gasteiger partial charge in [-0.3, -0.25) is 0 Å². The van der Waals surface area contributed by atoms with Crippen LogP contribution in [0.3, 0.4) is 0 Å². The highest BCUT2D eigenvalue weighted by molar-refractivity contribution is 5.89. The maximum absolute atomic E-state index is 12.6. The van der Waals surface area contributed by atoms with Gasteiger partial charge in [-0.1, -0.05) is 118 Å². The molecule has 43 heavy (non-hydrogen) atoms. The molecule has 0 saturated carbocycles. The molecular weight excluding hydrogens is 540 g/mol. The fourth-order valence-corrected chi connectivity index (χ4v) is 4.62. The van der Waals surface area contributed by atoms with Crippen molar-refractivity contribution in [3.63, 3.8) is 0 Å². The summed E-state index contributed by atoms with van der Waals surface area (Å²) in [5.74, 6) is 2.15. The molecule has 0 spiro atoms. The Labute approximate surface area is 264 Å². The predicted molar refractivity (Wildman–Crippen MR) is 180 cm³/mol. The summed E-state index contributed by atoms with van der Waals surface area (Å²) in [6, 6.07) is 1.94. The van der Waals surface area contributed by atoms with Gasteiger partial charge in [0.05, 0.1) is 38.6 Å². The second-order valence-corrected chi connectivity index (χ2v) is 11.4. The van der Waals surface area contributed by atoms with Crippen LogP contribution in [-0.4, -0.2) is 39.0 Å². The van der Waals surface area contributed by atoms with E-state index in [0.717, 1.165) is 70.6 Å². The number of unbranched alkanes of at least 4 members (excludes halogenated alkanes) is 13. The Bertz CT molecular complexity index is 850. The molecule has 6 nitrogen and oxygen atoms in total. The molecular formula is C37H64O6. The van der Waals surface area contributed by atoms with Gasteiger partial charge in [-0.25, -0.2) is 4.79 Å². The zero-order valence-electron chi connectivity index (χ0n) is 28.4. The van der Waals surface area contributed by atoms with E-state index in [4.69, 9.17) is 23.7 Å². The maximum atomic E-state index is 12.6. The average Bonchev–Trinajstić information content (AvgIpc) is 3.01. The zero-order valence-corrected chi connectivity index (χ0v) is 28.4. The molecule has 0 saturated heterocycles. The number of hydrogen-bond donors (Lipinski definition) is 0. The highest BCUT2D eigenvalue weighted by Crippen LogP contribution is 2.47. The number of esters is 1. The molecule has 0 amide bonds. The molecule has 0 aliphatic rings. The minimum absolute atomic E-state index is 0.366. The first kappa shape index (κ1) is 38.7.